The molecule has 0 spiro atoms. The summed E-state index contributed by atoms with van der Waals surface area (Å²) in [6.07, 6.45) is 16.2. The maximum absolute atomic E-state index is 13.3. The van der Waals surface area contributed by atoms with E-state index in [4.69, 9.17) is 0 Å². The lowest BCUT2D eigenvalue weighted by Gasteiger charge is -2.38. The van der Waals surface area contributed by atoms with Gasteiger partial charge in [0.2, 0.25) is 0 Å². The Kier molecular flexibility index (Phi) is 5.57. The Balaban J connectivity index is 1.41. The van der Waals surface area contributed by atoms with Gasteiger partial charge in [-0.25, -0.2) is 4.98 Å². The average molecular weight is 445 g/mol. The molecule has 0 N–H and O–H groups in total. The number of carbonyl (C=O) groups is 1. The van der Waals surface area contributed by atoms with Gasteiger partial charge >= 0.3 is 0 Å². The van der Waals surface area contributed by atoms with E-state index in [1.165, 1.54) is 0 Å². The van der Waals surface area contributed by atoms with Gasteiger partial charge < -0.3 is 9.80 Å². The van der Waals surface area contributed by atoms with Crippen LogP contribution in [-0.4, -0.2) is 58.8 Å². The van der Waals surface area contributed by atoms with Crippen molar-refractivity contribution in [2.24, 2.45) is 0 Å². The van der Waals surface area contributed by atoms with Gasteiger partial charge in [0.25, 0.3) is 5.91 Å². The molecule has 0 unspecified atom stereocenters. The van der Waals surface area contributed by atoms with Gasteiger partial charge in [-0.05, 0) is 75.4 Å². The summed E-state index contributed by atoms with van der Waals surface area (Å²) in [5.74, 6) is -0.0267. The van der Waals surface area contributed by atoms with Crippen molar-refractivity contribution in [1.82, 2.24) is 19.7 Å². The first-order valence-electron chi connectivity index (χ1n) is 11.1. The van der Waals surface area contributed by atoms with E-state index in [1.54, 1.807) is 22.3 Å². The number of likely N-dealkylation sites (tertiary alicyclic amines) is 1. The van der Waals surface area contributed by atoms with Crippen molar-refractivity contribution in [3.05, 3.63) is 82.8 Å². The summed E-state index contributed by atoms with van der Waals surface area (Å²) in [6.45, 7) is 4.04. The van der Waals surface area contributed by atoms with Crippen molar-refractivity contribution in [3.8, 4) is 0 Å². The van der Waals surface area contributed by atoms with Gasteiger partial charge in [0.15, 0.2) is 0 Å². The number of aryl methyl sites for hydroxylation is 1. The minimum atomic E-state index is -0.0267. The lowest BCUT2D eigenvalue weighted by molar-refractivity contribution is -0.122. The maximum atomic E-state index is 13.3. The van der Waals surface area contributed by atoms with Crippen LogP contribution in [0.25, 0.3) is 15.8 Å². The highest BCUT2D eigenvalue weighted by molar-refractivity contribution is 7.18. The number of allylic oxidation sites excluding steroid dienone is 6. The van der Waals surface area contributed by atoms with Gasteiger partial charge in [-0.1, -0.05) is 18.2 Å². The predicted octanol–water partition coefficient (Wildman–Crippen LogP) is 4.71. The Hall–Kier alpha value is -2.96. The van der Waals surface area contributed by atoms with Crippen LogP contribution in [0.2, 0.25) is 0 Å². The highest BCUT2D eigenvalue weighted by Crippen LogP contribution is 2.29. The van der Waals surface area contributed by atoms with Gasteiger partial charge in [-0.15, -0.1) is 11.3 Å². The Labute approximate surface area is 193 Å². The predicted molar refractivity (Wildman–Crippen MR) is 132 cm³/mol. The molecule has 3 aliphatic rings. The third-order valence-electron chi connectivity index (χ3n) is 6.41. The Bertz CT molecular complexity index is 1210. The second-order valence-electron chi connectivity index (χ2n) is 8.74. The summed E-state index contributed by atoms with van der Waals surface area (Å²) in [6, 6.07) is 6.84. The number of hydrogen-bond donors (Lipinski definition) is 0. The standard InChI is InChI=1S/C26H28N4OS/c1-18-27-24-10-7-20(15-25(24)32-18)19-5-4-6-22-8-9-23(17-30(22)26(31)16-19)29-13-11-21(12-14-29)28(2)3/h4-10,15-17,21H,11-14H2,1-3H3/b5-4?,19-16?,22-6+. The van der Waals surface area contributed by atoms with E-state index in [9.17, 15) is 4.79 Å². The van der Waals surface area contributed by atoms with Crippen LogP contribution in [-0.2, 0) is 4.79 Å². The number of aromatic nitrogens is 1. The van der Waals surface area contributed by atoms with Crippen molar-refractivity contribution < 1.29 is 4.79 Å². The number of carbonyl (C=O) groups excluding carboxylic acids is 1. The zero-order valence-electron chi connectivity index (χ0n) is 18.8. The molecule has 0 bridgehead atoms. The molecular weight excluding hydrogens is 416 g/mol. The molecule has 1 amide bonds. The van der Waals surface area contributed by atoms with Crippen molar-refractivity contribution in [1.29, 1.82) is 0 Å². The SMILES string of the molecule is Cc1nc2ccc(C3=CC(=O)N4C=C(N5CCC(N(C)C)CC5)C=C/C4=C\C=C3)cc2s1. The van der Waals surface area contributed by atoms with E-state index < -0.39 is 0 Å². The van der Waals surface area contributed by atoms with Crippen LogP contribution in [0, 0.1) is 6.92 Å². The Morgan fingerprint density at radius 1 is 1.09 bits per heavy atom. The zero-order valence-corrected chi connectivity index (χ0v) is 19.6. The number of amides is 1. The van der Waals surface area contributed by atoms with Gasteiger partial charge in [-0.2, -0.15) is 0 Å². The molecule has 2 aromatic rings. The minimum Gasteiger partial charge on any atom is -0.370 e. The summed E-state index contributed by atoms with van der Waals surface area (Å²) in [7, 11) is 4.31. The molecule has 6 heteroatoms. The van der Waals surface area contributed by atoms with Crippen LogP contribution in [0.15, 0.2) is 72.2 Å². The van der Waals surface area contributed by atoms with E-state index >= 15 is 0 Å². The van der Waals surface area contributed by atoms with Crippen LogP contribution in [0.1, 0.15) is 23.4 Å². The number of rotatable bonds is 3. The molecule has 3 aliphatic heterocycles. The molecule has 5 rings (SSSR count). The number of fused-ring (bicyclic) bond motifs is 2. The zero-order chi connectivity index (χ0) is 22.2. The largest absolute Gasteiger partial charge is 0.370 e. The van der Waals surface area contributed by atoms with Crippen LogP contribution < -0.4 is 0 Å². The topological polar surface area (TPSA) is 39.7 Å². The van der Waals surface area contributed by atoms with E-state index in [0.29, 0.717) is 6.04 Å². The lowest BCUT2D eigenvalue weighted by Crippen LogP contribution is -2.42. The quantitative estimate of drug-likeness (QED) is 0.688. The van der Waals surface area contributed by atoms with Gasteiger partial charge in [0.1, 0.15) is 0 Å². The monoisotopic (exact) mass is 444 g/mol. The summed E-state index contributed by atoms with van der Waals surface area (Å²) < 4.78 is 1.14. The molecule has 1 aromatic carbocycles. The summed E-state index contributed by atoms with van der Waals surface area (Å²) in [4.78, 5) is 24.3. The van der Waals surface area contributed by atoms with Crippen molar-refractivity contribution in [2.45, 2.75) is 25.8 Å². The van der Waals surface area contributed by atoms with Gasteiger partial charge in [0.05, 0.1) is 20.9 Å². The molecule has 0 saturated carbocycles. The fourth-order valence-corrected chi connectivity index (χ4v) is 5.42. The molecule has 0 atom stereocenters. The lowest BCUT2D eigenvalue weighted by atomic mass is 10.0. The molecule has 1 fully saturated rings. The Morgan fingerprint density at radius 2 is 1.88 bits per heavy atom. The van der Waals surface area contributed by atoms with Gasteiger partial charge in [0, 0.05) is 37.1 Å². The van der Waals surface area contributed by atoms with E-state index in [2.05, 4.69) is 41.0 Å². The molecule has 1 aromatic heterocycles. The molecule has 1 saturated heterocycles. The summed E-state index contributed by atoms with van der Waals surface area (Å²) in [5, 5.41) is 1.05. The second-order valence-corrected chi connectivity index (χ2v) is 9.98. The van der Waals surface area contributed by atoms with Crippen LogP contribution in [0.3, 0.4) is 0 Å². The Morgan fingerprint density at radius 3 is 2.66 bits per heavy atom. The van der Waals surface area contributed by atoms with E-state index in [0.717, 1.165) is 63.7 Å². The first-order valence-corrected chi connectivity index (χ1v) is 11.9. The average Bonchev–Trinajstić information content (AvgIpc) is 3.16. The molecule has 0 aliphatic carbocycles. The fraction of sp³-hybridized carbons (Fsp3) is 0.308. The van der Waals surface area contributed by atoms with Crippen LogP contribution in [0.5, 0.6) is 0 Å². The maximum Gasteiger partial charge on any atom is 0.255 e. The third-order valence-corrected chi connectivity index (χ3v) is 7.35. The normalized spacial score (nSPS) is 21.2. The number of nitrogens with zero attached hydrogens (tertiary/aromatic N) is 4. The molecule has 164 valence electrons. The highest BCUT2D eigenvalue weighted by atomic mass is 32.1. The summed E-state index contributed by atoms with van der Waals surface area (Å²) in [5.41, 5.74) is 4.95. The van der Waals surface area contributed by atoms with Crippen LogP contribution in [0.4, 0.5) is 0 Å². The minimum absolute atomic E-state index is 0.0267. The molecule has 0 radical (unpaired) electrons. The van der Waals surface area contributed by atoms with Crippen LogP contribution >= 0.6 is 11.3 Å². The highest BCUT2D eigenvalue weighted by Gasteiger charge is 2.25. The first-order chi connectivity index (χ1) is 15.5. The second kappa shape index (κ2) is 8.52. The van der Waals surface area contributed by atoms with Crippen molar-refractivity contribution in [3.63, 3.8) is 0 Å². The van der Waals surface area contributed by atoms with Gasteiger partial charge in [-0.3, -0.25) is 9.69 Å². The summed E-state index contributed by atoms with van der Waals surface area (Å²) >= 11 is 1.68. The number of piperidine rings is 1. The number of hydrogen-bond acceptors (Lipinski definition) is 5. The fourth-order valence-electron chi connectivity index (χ4n) is 4.56. The van der Waals surface area contributed by atoms with Crippen molar-refractivity contribution in [2.75, 3.05) is 27.2 Å². The first kappa shape index (κ1) is 20.9. The number of benzene rings is 1. The van der Waals surface area contributed by atoms with E-state index in [1.807, 2.05) is 49.6 Å². The molecule has 4 heterocycles. The van der Waals surface area contributed by atoms with E-state index in [-0.39, 0.29) is 5.91 Å². The number of thiazole rings is 1. The third kappa shape index (κ3) is 4.08. The smallest absolute Gasteiger partial charge is 0.255 e. The molecule has 5 nitrogen and oxygen atoms in total. The van der Waals surface area contributed by atoms with Crippen molar-refractivity contribution >= 4 is 33.0 Å². The molecular formula is C26H28N4OS. The molecule has 32 heavy (non-hydrogen) atoms.